The number of carbonyl (C=O) groups excluding carboxylic acids is 1. The van der Waals surface area contributed by atoms with Gasteiger partial charge in [0.05, 0.1) is 23.7 Å². The number of rotatable bonds is 4. The quantitative estimate of drug-likeness (QED) is 0.628. The van der Waals surface area contributed by atoms with Crippen LogP contribution in [0, 0.1) is 16.0 Å². The molecular weight excluding hydrogens is 362 g/mol. The average Bonchev–Trinajstić information content (AvgIpc) is 3.42. The monoisotopic (exact) mass is 387 g/mol. The Labute approximate surface area is 163 Å². The van der Waals surface area contributed by atoms with Gasteiger partial charge in [0.1, 0.15) is 5.69 Å². The van der Waals surface area contributed by atoms with Crippen molar-refractivity contribution in [2.75, 3.05) is 24.7 Å². The lowest BCUT2D eigenvalue weighted by atomic mass is 9.86. The number of ether oxygens (including phenoxy) is 1. The molecular formula is C20H25N3O5. The van der Waals surface area contributed by atoms with Gasteiger partial charge in [0.25, 0.3) is 11.6 Å². The van der Waals surface area contributed by atoms with Gasteiger partial charge in [0.15, 0.2) is 0 Å². The van der Waals surface area contributed by atoms with E-state index in [0.717, 1.165) is 37.7 Å². The standard InChI is InChI=1S/C20H25N3O5/c24-10-12-1-3-14(4-2-12)22-8-13-5-19(23(26)27)18(7-17(13)20(22)25)21-9-16-6-15(21)11-28-16/h5,7,12,14-16,24H,1-4,6,8-11H2/t12-,14-,15-,16-/m1/s1. The van der Waals surface area contributed by atoms with Crippen molar-refractivity contribution in [3.05, 3.63) is 33.4 Å². The predicted molar refractivity (Wildman–Crippen MR) is 101 cm³/mol. The van der Waals surface area contributed by atoms with Gasteiger partial charge in [-0.2, -0.15) is 0 Å². The van der Waals surface area contributed by atoms with Crippen LogP contribution in [0.3, 0.4) is 0 Å². The van der Waals surface area contributed by atoms with E-state index < -0.39 is 0 Å². The summed E-state index contributed by atoms with van der Waals surface area (Å²) in [6.45, 7) is 1.89. The Hall–Kier alpha value is -2.19. The largest absolute Gasteiger partial charge is 0.396 e. The van der Waals surface area contributed by atoms with Gasteiger partial charge in [-0.05, 0) is 49.7 Å². The van der Waals surface area contributed by atoms with Crippen molar-refractivity contribution >= 4 is 17.3 Å². The van der Waals surface area contributed by atoms with Crippen molar-refractivity contribution in [2.24, 2.45) is 5.92 Å². The molecule has 4 aliphatic rings. The van der Waals surface area contributed by atoms with Crippen molar-refractivity contribution in [1.29, 1.82) is 0 Å². The molecule has 2 saturated heterocycles. The Bertz CT molecular complexity index is 820. The molecule has 5 rings (SSSR count). The molecule has 2 bridgehead atoms. The summed E-state index contributed by atoms with van der Waals surface area (Å²) in [5.41, 5.74) is 2.00. The number of benzene rings is 1. The van der Waals surface area contributed by atoms with Gasteiger partial charge >= 0.3 is 0 Å². The van der Waals surface area contributed by atoms with E-state index in [1.165, 1.54) is 0 Å². The van der Waals surface area contributed by atoms with Crippen molar-refractivity contribution in [3.8, 4) is 0 Å². The zero-order valence-electron chi connectivity index (χ0n) is 15.7. The minimum Gasteiger partial charge on any atom is -0.396 e. The van der Waals surface area contributed by atoms with E-state index in [9.17, 15) is 20.0 Å². The van der Waals surface area contributed by atoms with Gasteiger partial charge in [0, 0.05) is 37.4 Å². The van der Waals surface area contributed by atoms with Crippen molar-refractivity contribution < 1.29 is 19.6 Å². The lowest BCUT2D eigenvalue weighted by molar-refractivity contribution is -0.384. The van der Waals surface area contributed by atoms with Crippen LogP contribution in [0.4, 0.5) is 11.4 Å². The third kappa shape index (κ3) is 2.78. The SMILES string of the molecule is O=C1c2cc(N3C[C@H]4C[C@@H]3CO4)c([N+](=O)[O-])cc2CN1[C@H]1CC[C@H](CO)CC1. The average molecular weight is 387 g/mol. The van der Waals surface area contributed by atoms with E-state index in [1.54, 1.807) is 12.1 Å². The summed E-state index contributed by atoms with van der Waals surface area (Å²) in [7, 11) is 0. The molecule has 1 aromatic carbocycles. The van der Waals surface area contributed by atoms with Crippen molar-refractivity contribution in [3.63, 3.8) is 0 Å². The summed E-state index contributed by atoms with van der Waals surface area (Å²) in [5, 5.41) is 21.1. The Morgan fingerprint density at radius 2 is 1.96 bits per heavy atom. The summed E-state index contributed by atoms with van der Waals surface area (Å²) in [6.07, 6.45) is 4.63. The highest BCUT2D eigenvalue weighted by Crippen LogP contribution is 2.42. The van der Waals surface area contributed by atoms with Crippen LogP contribution in [0.1, 0.15) is 48.0 Å². The molecule has 3 heterocycles. The van der Waals surface area contributed by atoms with Crippen LogP contribution in [-0.2, 0) is 11.3 Å². The third-order valence-corrected chi connectivity index (χ3v) is 6.95. The van der Waals surface area contributed by atoms with E-state index in [0.29, 0.717) is 36.9 Å². The predicted octanol–water partition coefficient (Wildman–Crippen LogP) is 2.08. The second-order valence-electron chi connectivity index (χ2n) is 8.54. The van der Waals surface area contributed by atoms with Crippen LogP contribution < -0.4 is 4.90 Å². The molecule has 1 amide bonds. The Kier molecular flexibility index (Phi) is 4.28. The molecule has 1 aliphatic carbocycles. The summed E-state index contributed by atoms with van der Waals surface area (Å²) in [4.78, 5) is 28.5. The molecule has 1 N–H and O–H groups in total. The fourth-order valence-electron chi connectivity index (χ4n) is 5.36. The number of aliphatic hydroxyl groups excluding tert-OH is 1. The first-order valence-electron chi connectivity index (χ1n) is 10.2. The van der Waals surface area contributed by atoms with E-state index in [4.69, 9.17) is 4.74 Å². The number of carbonyl (C=O) groups is 1. The number of hydrogen-bond donors (Lipinski definition) is 1. The highest BCUT2D eigenvalue weighted by atomic mass is 16.6. The molecule has 8 heteroatoms. The number of anilines is 1. The number of nitrogens with zero attached hydrogens (tertiary/aromatic N) is 3. The van der Waals surface area contributed by atoms with Gasteiger partial charge in [0.2, 0.25) is 0 Å². The van der Waals surface area contributed by atoms with E-state index in [1.807, 2.05) is 4.90 Å². The van der Waals surface area contributed by atoms with Crippen LogP contribution in [0.5, 0.6) is 0 Å². The van der Waals surface area contributed by atoms with Gasteiger partial charge < -0.3 is 19.6 Å². The maximum absolute atomic E-state index is 13.1. The molecule has 0 radical (unpaired) electrons. The maximum atomic E-state index is 13.1. The number of fused-ring (bicyclic) bond motifs is 3. The third-order valence-electron chi connectivity index (χ3n) is 6.95. The van der Waals surface area contributed by atoms with E-state index in [-0.39, 0.29) is 41.3 Å². The lowest BCUT2D eigenvalue weighted by Crippen LogP contribution is -2.38. The molecule has 150 valence electrons. The summed E-state index contributed by atoms with van der Waals surface area (Å²) in [5.74, 6) is 0.316. The minimum absolute atomic E-state index is 0.0146. The summed E-state index contributed by atoms with van der Waals surface area (Å²) < 4.78 is 5.63. The first-order valence-corrected chi connectivity index (χ1v) is 10.2. The first kappa shape index (κ1) is 17.9. The smallest absolute Gasteiger partial charge is 0.292 e. The lowest BCUT2D eigenvalue weighted by Gasteiger charge is -2.34. The molecule has 8 nitrogen and oxygen atoms in total. The molecule has 28 heavy (non-hydrogen) atoms. The highest BCUT2D eigenvalue weighted by Gasteiger charge is 2.43. The van der Waals surface area contributed by atoms with Crippen LogP contribution in [-0.4, -0.2) is 58.8 Å². The number of morpholine rings is 1. The molecule has 3 aliphatic heterocycles. The van der Waals surface area contributed by atoms with Crippen LogP contribution in [0.25, 0.3) is 0 Å². The van der Waals surface area contributed by atoms with Crippen LogP contribution in [0.2, 0.25) is 0 Å². The van der Waals surface area contributed by atoms with E-state index >= 15 is 0 Å². The number of nitro groups is 1. The fourth-order valence-corrected chi connectivity index (χ4v) is 5.36. The molecule has 2 atom stereocenters. The van der Waals surface area contributed by atoms with Crippen LogP contribution in [0.15, 0.2) is 12.1 Å². The summed E-state index contributed by atoms with van der Waals surface area (Å²) >= 11 is 0. The number of aliphatic hydroxyl groups is 1. The van der Waals surface area contributed by atoms with Gasteiger partial charge in [-0.1, -0.05) is 0 Å². The molecule has 1 aromatic rings. The molecule has 1 saturated carbocycles. The van der Waals surface area contributed by atoms with Crippen LogP contribution >= 0.6 is 0 Å². The maximum Gasteiger partial charge on any atom is 0.292 e. The van der Waals surface area contributed by atoms with Gasteiger partial charge in [-0.3, -0.25) is 14.9 Å². The number of nitro benzene ring substituents is 1. The fraction of sp³-hybridized carbons (Fsp3) is 0.650. The normalized spacial score (nSPS) is 31.5. The molecule has 0 unspecified atom stereocenters. The topological polar surface area (TPSA) is 96.2 Å². The Morgan fingerprint density at radius 1 is 1.18 bits per heavy atom. The first-order chi connectivity index (χ1) is 13.5. The zero-order chi connectivity index (χ0) is 19.4. The van der Waals surface area contributed by atoms with Crippen molar-refractivity contribution in [1.82, 2.24) is 4.90 Å². The Morgan fingerprint density at radius 3 is 2.57 bits per heavy atom. The van der Waals surface area contributed by atoms with E-state index in [2.05, 4.69) is 4.90 Å². The van der Waals surface area contributed by atoms with Gasteiger partial charge in [-0.15, -0.1) is 0 Å². The second-order valence-corrected chi connectivity index (χ2v) is 8.54. The zero-order valence-corrected chi connectivity index (χ0v) is 15.7. The second kappa shape index (κ2) is 6.70. The molecule has 0 aromatic heterocycles. The molecule has 3 fully saturated rings. The Balaban J connectivity index is 1.43. The summed E-state index contributed by atoms with van der Waals surface area (Å²) in [6, 6.07) is 3.66. The van der Waals surface area contributed by atoms with Crippen molar-refractivity contribution in [2.45, 2.75) is 56.8 Å². The highest BCUT2D eigenvalue weighted by molar-refractivity contribution is 6.00. The van der Waals surface area contributed by atoms with Gasteiger partial charge in [-0.25, -0.2) is 0 Å². The number of hydrogen-bond acceptors (Lipinski definition) is 6. The molecule has 0 spiro atoms. The minimum atomic E-state index is -0.331. The number of amides is 1.